The molecule has 1 rings (SSSR count). The zero-order valence-corrected chi connectivity index (χ0v) is 10.7. The average molecular weight is 255 g/mol. The lowest BCUT2D eigenvalue weighted by molar-refractivity contribution is 0.0590. The molecule has 1 aromatic rings. The van der Waals surface area contributed by atoms with E-state index in [9.17, 15) is 9.59 Å². The third-order valence-corrected chi connectivity index (χ3v) is 2.44. The smallest absolute Gasteiger partial charge is 0.352 e. The fourth-order valence-electron chi connectivity index (χ4n) is 1.66. The number of pyridine rings is 1. The summed E-state index contributed by atoms with van der Waals surface area (Å²) in [4.78, 5) is 22.6. The molecule has 0 saturated heterocycles. The van der Waals surface area contributed by atoms with E-state index >= 15 is 0 Å². The van der Waals surface area contributed by atoms with Crippen molar-refractivity contribution in [2.75, 3.05) is 13.7 Å². The molecule has 1 aromatic heterocycles. The lowest BCUT2D eigenvalue weighted by Crippen LogP contribution is -2.23. The summed E-state index contributed by atoms with van der Waals surface area (Å²) in [5.74, 6) is -1.04. The molecule has 0 aliphatic heterocycles. The number of rotatable bonds is 6. The van der Waals surface area contributed by atoms with Gasteiger partial charge in [-0.1, -0.05) is 0 Å². The van der Waals surface area contributed by atoms with E-state index in [0.717, 1.165) is 6.07 Å². The van der Waals surface area contributed by atoms with Crippen molar-refractivity contribution in [2.45, 2.75) is 26.5 Å². The normalized spacial score (nSPS) is 12.2. The molecular weight excluding hydrogens is 238 g/mol. The first-order valence-electron chi connectivity index (χ1n) is 5.63. The first kappa shape index (κ1) is 14.2. The van der Waals surface area contributed by atoms with Gasteiger partial charge in [-0.15, -0.1) is 0 Å². The van der Waals surface area contributed by atoms with Gasteiger partial charge in [0.25, 0.3) is 0 Å². The summed E-state index contributed by atoms with van der Waals surface area (Å²) in [6.07, 6.45) is 1.24. The van der Waals surface area contributed by atoms with Gasteiger partial charge in [0.2, 0.25) is 5.43 Å². The summed E-state index contributed by atoms with van der Waals surface area (Å²) in [6, 6.07) is 1.06. The SMILES string of the molecule is CCOC(C)Cn1cc(OC)c(=O)cc1C(=O)O. The molecule has 0 aromatic carbocycles. The van der Waals surface area contributed by atoms with Crippen LogP contribution >= 0.6 is 0 Å². The van der Waals surface area contributed by atoms with Crippen LogP contribution in [0.4, 0.5) is 0 Å². The second-order valence-corrected chi connectivity index (χ2v) is 3.81. The van der Waals surface area contributed by atoms with Crippen LogP contribution in [0.3, 0.4) is 0 Å². The second kappa shape index (κ2) is 6.20. The molecule has 1 unspecified atom stereocenters. The molecule has 0 aliphatic rings. The maximum absolute atomic E-state index is 11.5. The minimum atomic E-state index is -1.15. The molecule has 0 bridgehead atoms. The Morgan fingerprint density at radius 3 is 2.72 bits per heavy atom. The van der Waals surface area contributed by atoms with E-state index in [1.807, 2.05) is 13.8 Å². The van der Waals surface area contributed by atoms with Crippen LogP contribution in [0.15, 0.2) is 17.1 Å². The Kier molecular flexibility index (Phi) is 4.91. The van der Waals surface area contributed by atoms with E-state index in [1.54, 1.807) is 0 Å². The Balaban J connectivity index is 3.14. The number of hydrogen-bond acceptors (Lipinski definition) is 4. The van der Waals surface area contributed by atoms with E-state index in [-0.39, 0.29) is 17.5 Å². The fourth-order valence-corrected chi connectivity index (χ4v) is 1.66. The van der Waals surface area contributed by atoms with Gasteiger partial charge in [0.15, 0.2) is 5.75 Å². The van der Waals surface area contributed by atoms with E-state index < -0.39 is 11.4 Å². The third-order valence-electron chi connectivity index (χ3n) is 2.44. The van der Waals surface area contributed by atoms with Gasteiger partial charge < -0.3 is 19.1 Å². The van der Waals surface area contributed by atoms with Crippen LogP contribution in [0.25, 0.3) is 0 Å². The van der Waals surface area contributed by atoms with Crippen molar-refractivity contribution in [3.8, 4) is 5.75 Å². The molecule has 18 heavy (non-hydrogen) atoms. The van der Waals surface area contributed by atoms with Crippen molar-refractivity contribution < 1.29 is 19.4 Å². The lowest BCUT2D eigenvalue weighted by Gasteiger charge is -2.17. The van der Waals surface area contributed by atoms with Crippen molar-refractivity contribution >= 4 is 5.97 Å². The molecule has 6 heteroatoms. The number of carboxylic acids is 1. The maximum atomic E-state index is 11.5. The van der Waals surface area contributed by atoms with E-state index in [1.165, 1.54) is 17.9 Å². The summed E-state index contributed by atoms with van der Waals surface area (Å²) in [6.45, 7) is 4.58. The second-order valence-electron chi connectivity index (χ2n) is 3.81. The van der Waals surface area contributed by atoms with Crippen LogP contribution in [0.5, 0.6) is 5.75 Å². The molecule has 0 amide bonds. The summed E-state index contributed by atoms with van der Waals surface area (Å²) < 4.78 is 11.7. The summed E-state index contributed by atoms with van der Waals surface area (Å²) >= 11 is 0. The number of methoxy groups -OCH3 is 1. The molecule has 0 saturated carbocycles. The number of hydrogen-bond donors (Lipinski definition) is 1. The molecule has 0 fully saturated rings. The van der Waals surface area contributed by atoms with Crippen LogP contribution in [0, 0.1) is 0 Å². The van der Waals surface area contributed by atoms with Gasteiger partial charge in [-0.2, -0.15) is 0 Å². The molecule has 0 spiro atoms. The predicted molar refractivity (Wildman–Crippen MR) is 65.3 cm³/mol. The van der Waals surface area contributed by atoms with Gasteiger partial charge in [0.1, 0.15) is 5.69 Å². The van der Waals surface area contributed by atoms with Gasteiger partial charge in [-0.25, -0.2) is 4.79 Å². The Bertz CT molecular complexity index is 480. The highest BCUT2D eigenvalue weighted by Gasteiger charge is 2.14. The number of aromatic nitrogens is 1. The topological polar surface area (TPSA) is 77.8 Å². The summed E-state index contributed by atoms with van der Waals surface area (Å²) in [5.41, 5.74) is -0.525. The molecule has 1 heterocycles. The van der Waals surface area contributed by atoms with Crippen molar-refractivity contribution in [3.63, 3.8) is 0 Å². The Morgan fingerprint density at radius 1 is 1.56 bits per heavy atom. The quantitative estimate of drug-likeness (QED) is 0.819. The first-order valence-corrected chi connectivity index (χ1v) is 5.63. The average Bonchev–Trinajstić information content (AvgIpc) is 2.30. The Labute approximate surface area is 105 Å². The van der Waals surface area contributed by atoms with Gasteiger partial charge in [-0.05, 0) is 13.8 Å². The standard InChI is InChI=1S/C12H17NO5/c1-4-18-8(2)6-13-7-11(17-3)10(14)5-9(13)12(15)16/h5,7-8H,4,6H2,1-3H3,(H,15,16). The lowest BCUT2D eigenvalue weighted by atomic mass is 10.3. The van der Waals surface area contributed by atoms with Crippen molar-refractivity contribution in [2.24, 2.45) is 0 Å². The number of carbonyl (C=O) groups is 1. The van der Waals surface area contributed by atoms with Gasteiger partial charge in [0, 0.05) is 19.2 Å². The fraction of sp³-hybridized carbons (Fsp3) is 0.500. The van der Waals surface area contributed by atoms with Crippen molar-refractivity contribution in [1.82, 2.24) is 4.57 Å². The molecular formula is C12H17NO5. The summed E-state index contributed by atoms with van der Waals surface area (Å²) in [5, 5.41) is 9.06. The third kappa shape index (κ3) is 3.33. The predicted octanol–water partition coefficient (Wildman–Crippen LogP) is 0.980. The highest BCUT2D eigenvalue weighted by molar-refractivity contribution is 5.85. The molecule has 0 radical (unpaired) electrons. The van der Waals surface area contributed by atoms with Gasteiger partial charge in [0.05, 0.1) is 19.4 Å². The Hall–Kier alpha value is -1.82. The number of aromatic carboxylic acids is 1. The highest BCUT2D eigenvalue weighted by Crippen LogP contribution is 2.09. The Morgan fingerprint density at radius 2 is 2.22 bits per heavy atom. The van der Waals surface area contributed by atoms with Gasteiger partial charge in [-0.3, -0.25) is 4.79 Å². The molecule has 0 aliphatic carbocycles. The highest BCUT2D eigenvalue weighted by atomic mass is 16.5. The van der Waals surface area contributed by atoms with E-state index in [2.05, 4.69) is 0 Å². The van der Waals surface area contributed by atoms with Crippen molar-refractivity contribution in [3.05, 3.63) is 28.2 Å². The van der Waals surface area contributed by atoms with Crippen LogP contribution in [-0.2, 0) is 11.3 Å². The number of nitrogens with zero attached hydrogens (tertiary/aromatic N) is 1. The van der Waals surface area contributed by atoms with E-state index in [0.29, 0.717) is 13.2 Å². The zero-order valence-electron chi connectivity index (χ0n) is 10.7. The van der Waals surface area contributed by atoms with Crippen LogP contribution < -0.4 is 10.2 Å². The van der Waals surface area contributed by atoms with Crippen molar-refractivity contribution in [1.29, 1.82) is 0 Å². The molecule has 1 atom stereocenters. The molecule has 6 nitrogen and oxygen atoms in total. The maximum Gasteiger partial charge on any atom is 0.352 e. The largest absolute Gasteiger partial charge is 0.491 e. The molecule has 100 valence electrons. The van der Waals surface area contributed by atoms with Crippen LogP contribution in [-0.4, -0.2) is 35.5 Å². The van der Waals surface area contributed by atoms with Gasteiger partial charge >= 0.3 is 5.97 Å². The molecule has 1 N–H and O–H groups in total. The minimum Gasteiger partial charge on any atom is -0.491 e. The number of ether oxygens (including phenoxy) is 2. The monoisotopic (exact) mass is 255 g/mol. The summed E-state index contributed by atoms with van der Waals surface area (Å²) in [7, 11) is 1.37. The van der Waals surface area contributed by atoms with E-state index in [4.69, 9.17) is 14.6 Å². The first-order chi connectivity index (χ1) is 8.49. The van der Waals surface area contributed by atoms with Crippen LogP contribution in [0.1, 0.15) is 24.3 Å². The zero-order chi connectivity index (χ0) is 13.7. The van der Waals surface area contributed by atoms with Crippen LogP contribution in [0.2, 0.25) is 0 Å². The minimum absolute atomic E-state index is 0.0765. The number of carboxylic acid groups (broad SMARTS) is 1.